The van der Waals surface area contributed by atoms with Crippen molar-refractivity contribution in [2.45, 2.75) is 26.4 Å². The van der Waals surface area contributed by atoms with Crippen LogP contribution in [0, 0.1) is 0 Å². The molecule has 0 aliphatic heterocycles. The Morgan fingerprint density at radius 2 is 2.05 bits per heavy atom. The molecule has 0 unspecified atom stereocenters. The molecule has 1 N–H and O–H groups in total. The second-order valence-corrected chi connectivity index (χ2v) is 5.18. The molecule has 0 saturated heterocycles. The molecule has 2 heterocycles. The van der Waals surface area contributed by atoms with Crippen molar-refractivity contribution in [1.82, 2.24) is 14.2 Å². The first-order valence-corrected chi connectivity index (χ1v) is 5.82. The van der Waals surface area contributed by atoms with E-state index in [9.17, 15) is 9.59 Å². The predicted octanol–water partition coefficient (Wildman–Crippen LogP) is 1.38. The molecule has 19 heavy (non-hydrogen) atoms. The third-order valence-corrected chi connectivity index (χ3v) is 2.31. The van der Waals surface area contributed by atoms with Gasteiger partial charge in [0.1, 0.15) is 5.60 Å². The molecular weight excluding hydrogens is 248 g/mol. The summed E-state index contributed by atoms with van der Waals surface area (Å²) < 4.78 is 7.71. The summed E-state index contributed by atoms with van der Waals surface area (Å²) in [7, 11) is 1.57. The Hall–Kier alpha value is -2.31. The van der Waals surface area contributed by atoms with E-state index in [0.29, 0.717) is 11.3 Å². The highest BCUT2D eigenvalue weighted by Crippen LogP contribution is 2.12. The van der Waals surface area contributed by atoms with E-state index in [1.54, 1.807) is 40.0 Å². The highest BCUT2D eigenvalue weighted by Gasteiger charge is 2.16. The molecule has 0 aliphatic carbocycles. The highest BCUT2D eigenvalue weighted by molar-refractivity contribution is 5.84. The number of aromatic nitrogens is 3. The zero-order valence-electron chi connectivity index (χ0n) is 11.3. The van der Waals surface area contributed by atoms with E-state index in [2.05, 4.69) is 10.4 Å². The molecule has 0 fully saturated rings. The number of rotatable bonds is 1. The normalized spacial score (nSPS) is 11.6. The highest BCUT2D eigenvalue weighted by atomic mass is 16.6. The Morgan fingerprint density at radius 1 is 1.37 bits per heavy atom. The molecule has 0 aliphatic rings. The van der Waals surface area contributed by atoms with Crippen molar-refractivity contribution in [3.8, 4) is 0 Å². The van der Waals surface area contributed by atoms with Gasteiger partial charge in [0.2, 0.25) is 0 Å². The number of carbonyl (C=O) groups excluding carboxylic acids is 1. The van der Waals surface area contributed by atoms with Gasteiger partial charge in [-0.2, -0.15) is 5.10 Å². The van der Waals surface area contributed by atoms with E-state index >= 15 is 0 Å². The van der Waals surface area contributed by atoms with Crippen LogP contribution in [0.25, 0.3) is 5.65 Å². The molecule has 1 amide bonds. The number of ether oxygens (including phenoxy) is 1. The van der Waals surface area contributed by atoms with Crippen molar-refractivity contribution in [2.24, 2.45) is 7.05 Å². The number of hydrogen-bond acceptors (Lipinski definition) is 4. The fraction of sp³-hybridized carbons (Fsp3) is 0.417. The maximum Gasteiger partial charge on any atom is 0.412 e. The minimum atomic E-state index is -0.570. The first kappa shape index (κ1) is 13.1. The third-order valence-electron chi connectivity index (χ3n) is 2.31. The van der Waals surface area contributed by atoms with Gasteiger partial charge < -0.3 is 4.74 Å². The van der Waals surface area contributed by atoms with Gasteiger partial charge in [-0.3, -0.25) is 5.32 Å². The number of nitrogens with one attached hydrogen (secondary N) is 1. The molecule has 0 saturated carbocycles. The third kappa shape index (κ3) is 2.93. The monoisotopic (exact) mass is 264 g/mol. The predicted molar refractivity (Wildman–Crippen MR) is 70.3 cm³/mol. The quantitative estimate of drug-likeness (QED) is 0.844. The van der Waals surface area contributed by atoms with Crippen LogP contribution >= 0.6 is 0 Å². The minimum Gasteiger partial charge on any atom is -0.444 e. The molecule has 0 spiro atoms. The van der Waals surface area contributed by atoms with Gasteiger partial charge in [0, 0.05) is 13.2 Å². The summed E-state index contributed by atoms with van der Waals surface area (Å²) in [6.07, 6.45) is 0.943. The lowest BCUT2D eigenvalue weighted by Gasteiger charge is -2.19. The number of carbonyl (C=O) groups is 1. The van der Waals surface area contributed by atoms with Gasteiger partial charge in [-0.1, -0.05) is 0 Å². The van der Waals surface area contributed by atoms with Crippen molar-refractivity contribution in [1.29, 1.82) is 0 Å². The van der Waals surface area contributed by atoms with Crippen LogP contribution in [-0.4, -0.2) is 25.9 Å². The van der Waals surface area contributed by atoms with E-state index in [-0.39, 0.29) is 5.69 Å². The second kappa shape index (κ2) is 4.42. The number of nitrogens with zero attached hydrogens (tertiary/aromatic N) is 3. The Balaban J connectivity index is 2.25. The van der Waals surface area contributed by atoms with Gasteiger partial charge in [0.15, 0.2) is 5.65 Å². The lowest BCUT2D eigenvalue weighted by atomic mass is 10.2. The average molecular weight is 264 g/mol. The van der Waals surface area contributed by atoms with Crippen LogP contribution < -0.4 is 11.0 Å². The molecule has 2 aromatic rings. The Morgan fingerprint density at radius 3 is 2.68 bits per heavy atom. The Kier molecular flexibility index (Phi) is 3.05. The number of amides is 1. The van der Waals surface area contributed by atoms with Crippen molar-refractivity contribution in [2.75, 3.05) is 5.32 Å². The number of aryl methyl sites for hydroxylation is 1. The van der Waals surface area contributed by atoms with Gasteiger partial charge in [-0.15, -0.1) is 0 Å². The molecule has 7 nitrogen and oxygen atoms in total. The van der Waals surface area contributed by atoms with Crippen LogP contribution in [0.3, 0.4) is 0 Å². The number of fused-ring (bicyclic) bond motifs is 1. The Labute approximate surface area is 109 Å². The topological polar surface area (TPSA) is 77.6 Å². The van der Waals surface area contributed by atoms with Crippen molar-refractivity contribution in [3.63, 3.8) is 0 Å². The first-order valence-electron chi connectivity index (χ1n) is 5.82. The van der Waals surface area contributed by atoms with Gasteiger partial charge >= 0.3 is 11.8 Å². The number of hydrogen-bond donors (Lipinski definition) is 1. The van der Waals surface area contributed by atoms with Crippen LogP contribution in [0.15, 0.2) is 23.1 Å². The van der Waals surface area contributed by atoms with Crippen molar-refractivity contribution in [3.05, 3.63) is 28.8 Å². The van der Waals surface area contributed by atoms with Crippen LogP contribution in [0.5, 0.6) is 0 Å². The van der Waals surface area contributed by atoms with Crippen LogP contribution in [0.2, 0.25) is 0 Å². The molecule has 2 aromatic heterocycles. The standard InChI is InChI=1S/C12H16N4O3/c1-12(2,3)19-10(17)13-8-5-6-9-14-15(4)11(18)16(9)7-8/h5-7H,1-4H3,(H,13,17). The van der Waals surface area contributed by atoms with Crippen LogP contribution in [0.1, 0.15) is 20.8 Å². The van der Waals surface area contributed by atoms with Crippen LogP contribution in [-0.2, 0) is 11.8 Å². The van der Waals surface area contributed by atoms with Crippen molar-refractivity contribution < 1.29 is 9.53 Å². The molecule has 0 bridgehead atoms. The lowest BCUT2D eigenvalue weighted by molar-refractivity contribution is 0.0636. The van der Waals surface area contributed by atoms with Crippen LogP contribution in [0.4, 0.5) is 10.5 Å². The molecule has 102 valence electrons. The summed E-state index contributed by atoms with van der Waals surface area (Å²) >= 11 is 0. The zero-order chi connectivity index (χ0) is 14.2. The molecule has 0 aromatic carbocycles. The van der Waals surface area contributed by atoms with Crippen molar-refractivity contribution >= 4 is 17.4 Å². The average Bonchev–Trinajstić information content (AvgIpc) is 2.53. The summed E-state index contributed by atoms with van der Waals surface area (Å²) in [6.45, 7) is 5.34. The summed E-state index contributed by atoms with van der Waals surface area (Å²) in [5, 5.41) is 6.58. The fourth-order valence-corrected chi connectivity index (χ4v) is 1.58. The van der Waals surface area contributed by atoms with E-state index < -0.39 is 11.7 Å². The Bertz CT molecular complexity index is 678. The summed E-state index contributed by atoms with van der Waals surface area (Å²) in [5.41, 5.74) is 0.140. The maximum absolute atomic E-state index is 11.7. The second-order valence-electron chi connectivity index (χ2n) is 5.18. The first-order chi connectivity index (χ1) is 8.76. The SMILES string of the molecule is Cn1nc2ccc(NC(=O)OC(C)(C)C)cn2c1=O. The molecule has 7 heteroatoms. The van der Waals surface area contributed by atoms with E-state index in [1.807, 2.05) is 0 Å². The van der Waals surface area contributed by atoms with E-state index in [4.69, 9.17) is 4.74 Å². The number of anilines is 1. The molecule has 0 atom stereocenters. The summed E-state index contributed by atoms with van der Waals surface area (Å²) in [4.78, 5) is 23.3. The minimum absolute atomic E-state index is 0.275. The largest absolute Gasteiger partial charge is 0.444 e. The van der Waals surface area contributed by atoms with Gasteiger partial charge in [-0.05, 0) is 32.9 Å². The van der Waals surface area contributed by atoms with E-state index in [1.165, 1.54) is 15.3 Å². The maximum atomic E-state index is 11.7. The smallest absolute Gasteiger partial charge is 0.412 e. The lowest BCUT2D eigenvalue weighted by Crippen LogP contribution is -2.27. The van der Waals surface area contributed by atoms with Gasteiger partial charge in [-0.25, -0.2) is 18.7 Å². The molecule has 0 radical (unpaired) electrons. The van der Waals surface area contributed by atoms with Gasteiger partial charge in [0.05, 0.1) is 5.69 Å². The molecule has 2 rings (SSSR count). The number of pyridine rings is 1. The summed E-state index contributed by atoms with van der Waals surface area (Å²) in [6, 6.07) is 3.31. The summed E-state index contributed by atoms with van der Waals surface area (Å²) in [5.74, 6) is 0. The zero-order valence-corrected chi connectivity index (χ0v) is 11.3. The fourth-order valence-electron chi connectivity index (χ4n) is 1.58. The van der Waals surface area contributed by atoms with Gasteiger partial charge in [0.25, 0.3) is 0 Å². The molecular formula is C12H16N4O3. The van der Waals surface area contributed by atoms with E-state index in [0.717, 1.165) is 0 Å².